The van der Waals surface area contributed by atoms with Gasteiger partial charge in [-0.05, 0) is 29.9 Å². The summed E-state index contributed by atoms with van der Waals surface area (Å²) in [6, 6.07) is 4.16. The first kappa shape index (κ1) is 12.7. The van der Waals surface area contributed by atoms with Crippen LogP contribution in [0.2, 0.25) is 0 Å². The molecule has 0 N–H and O–H groups in total. The monoisotopic (exact) mass is 252 g/mol. The summed E-state index contributed by atoms with van der Waals surface area (Å²) in [4.78, 5) is 6.87. The molecule has 0 spiro atoms. The number of piperidine rings is 1. The number of halogens is 1. The molecule has 2 nitrogen and oxygen atoms in total. The largest absolute Gasteiger partial charge is 0.357 e. The third-order valence-electron chi connectivity index (χ3n) is 4.11. The molecule has 2 heterocycles. The summed E-state index contributed by atoms with van der Waals surface area (Å²) >= 11 is 5.77. The van der Waals surface area contributed by atoms with Gasteiger partial charge in [0.1, 0.15) is 5.82 Å². The first-order valence-corrected chi connectivity index (χ1v) is 6.96. The normalized spacial score (nSPS) is 19.4. The smallest absolute Gasteiger partial charge is 0.128 e. The minimum Gasteiger partial charge on any atom is -0.357 e. The Morgan fingerprint density at radius 1 is 1.35 bits per heavy atom. The van der Waals surface area contributed by atoms with Crippen molar-refractivity contribution >= 4 is 17.4 Å². The molecule has 0 bridgehead atoms. The van der Waals surface area contributed by atoms with Crippen LogP contribution in [-0.4, -0.2) is 18.1 Å². The van der Waals surface area contributed by atoms with Gasteiger partial charge in [0.25, 0.3) is 0 Å². The summed E-state index contributed by atoms with van der Waals surface area (Å²) < 4.78 is 0. The molecule has 0 radical (unpaired) electrons. The second-order valence-electron chi connectivity index (χ2n) is 5.31. The maximum Gasteiger partial charge on any atom is 0.128 e. The van der Waals surface area contributed by atoms with Crippen LogP contribution in [0.15, 0.2) is 18.3 Å². The van der Waals surface area contributed by atoms with Gasteiger partial charge in [-0.2, -0.15) is 0 Å². The van der Waals surface area contributed by atoms with Crippen LogP contribution in [0.1, 0.15) is 38.7 Å². The number of pyridine rings is 1. The van der Waals surface area contributed by atoms with E-state index in [2.05, 4.69) is 35.9 Å². The van der Waals surface area contributed by atoms with Crippen LogP contribution in [0.3, 0.4) is 0 Å². The average molecular weight is 253 g/mol. The first-order chi connectivity index (χ1) is 8.17. The Hall–Kier alpha value is -0.760. The quantitative estimate of drug-likeness (QED) is 0.760. The summed E-state index contributed by atoms with van der Waals surface area (Å²) in [6.07, 6.45) is 5.69. The van der Waals surface area contributed by atoms with Crippen molar-refractivity contribution in [3.63, 3.8) is 0 Å². The molecule has 1 saturated heterocycles. The second kappa shape index (κ2) is 5.26. The molecule has 0 unspecified atom stereocenters. The highest BCUT2D eigenvalue weighted by molar-refractivity contribution is 6.17. The minimum absolute atomic E-state index is 0.534. The molecule has 3 heteroatoms. The van der Waals surface area contributed by atoms with E-state index in [1.165, 1.54) is 19.3 Å². The molecule has 0 aromatic carbocycles. The molecule has 1 aromatic rings. The zero-order chi connectivity index (χ0) is 12.3. The molecular formula is C14H21ClN2. The Bertz CT molecular complexity index is 353. The zero-order valence-corrected chi connectivity index (χ0v) is 11.5. The van der Waals surface area contributed by atoms with Crippen LogP contribution < -0.4 is 4.90 Å². The fourth-order valence-electron chi connectivity index (χ4n) is 2.31. The number of rotatable bonds is 3. The zero-order valence-electron chi connectivity index (χ0n) is 10.7. The highest BCUT2D eigenvalue weighted by Gasteiger charge is 2.28. The van der Waals surface area contributed by atoms with E-state index in [0.717, 1.165) is 24.5 Å². The van der Waals surface area contributed by atoms with Crippen molar-refractivity contribution in [1.82, 2.24) is 4.98 Å². The summed E-state index contributed by atoms with van der Waals surface area (Å²) in [5.41, 5.74) is 1.62. The predicted octanol–water partition coefficient (Wildman–Crippen LogP) is 3.84. The number of alkyl halides is 1. The topological polar surface area (TPSA) is 16.1 Å². The molecule has 1 aliphatic heterocycles. The Kier molecular flexibility index (Phi) is 3.93. The van der Waals surface area contributed by atoms with Gasteiger partial charge in [-0.15, -0.1) is 11.6 Å². The van der Waals surface area contributed by atoms with Crippen molar-refractivity contribution in [3.05, 3.63) is 23.9 Å². The molecule has 1 aliphatic rings. The van der Waals surface area contributed by atoms with Crippen LogP contribution in [0, 0.1) is 5.41 Å². The van der Waals surface area contributed by atoms with Gasteiger partial charge in [0.2, 0.25) is 0 Å². The van der Waals surface area contributed by atoms with Crippen molar-refractivity contribution in [1.29, 1.82) is 0 Å². The lowest BCUT2D eigenvalue weighted by Gasteiger charge is -2.39. The summed E-state index contributed by atoms with van der Waals surface area (Å²) in [5, 5.41) is 0. The van der Waals surface area contributed by atoms with E-state index < -0.39 is 0 Å². The predicted molar refractivity (Wildman–Crippen MR) is 73.6 cm³/mol. The van der Waals surface area contributed by atoms with Gasteiger partial charge in [0.05, 0.1) is 0 Å². The SMILES string of the molecule is CCC1(C)CCN(c2ccc(CCl)cn2)CC1. The lowest BCUT2D eigenvalue weighted by Crippen LogP contribution is -2.38. The molecule has 1 fully saturated rings. The van der Waals surface area contributed by atoms with Gasteiger partial charge in [-0.1, -0.05) is 26.3 Å². The number of nitrogens with zero attached hydrogens (tertiary/aromatic N) is 2. The second-order valence-corrected chi connectivity index (χ2v) is 5.58. The van der Waals surface area contributed by atoms with Crippen molar-refractivity contribution < 1.29 is 0 Å². The molecule has 0 aliphatic carbocycles. The first-order valence-electron chi connectivity index (χ1n) is 6.43. The van der Waals surface area contributed by atoms with Crippen molar-refractivity contribution in [2.24, 2.45) is 5.41 Å². The average Bonchev–Trinajstić information content (AvgIpc) is 2.40. The Morgan fingerprint density at radius 3 is 2.53 bits per heavy atom. The molecule has 2 rings (SSSR count). The number of aromatic nitrogens is 1. The number of hydrogen-bond donors (Lipinski definition) is 0. The Morgan fingerprint density at radius 2 is 2.06 bits per heavy atom. The highest BCUT2D eigenvalue weighted by atomic mass is 35.5. The molecule has 1 aromatic heterocycles. The van der Waals surface area contributed by atoms with Crippen molar-refractivity contribution in [2.75, 3.05) is 18.0 Å². The van der Waals surface area contributed by atoms with Gasteiger partial charge in [-0.3, -0.25) is 0 Å². The maximum atomic E-state index is 5.77. The summed E-state index contributed by atoms with van der Waals surface area (Å²) in [7, 11) is 0. The molecule has 0 amide bonds. The van der Waals surface area contributed by atoms with E-state index in [1.807, 2.05) is 6.20 Å². The van der Waals surface area contributed by atoms with Gasteiger partial charge in [-0.25, -0.2) is 4.98 Å². The number of anilines is 1. The minimum atomic E-state index is 0.534. The van der Waals surface area contributed by atoms with Gasteiger partial charge < -0.3 is 4.90 Å². The molecule has 17 heavy (non-hydrogen) atoms. The van der Waals surface area contributed by atoms with Crippen LogP contribution >= 0.6 is 11.6 Å². The standard InChI is InChI=1S/C14H21ClN2/c1-3-14(2)6-8-17(9-7-14)13-5-4-12(10-15)11-16-13/h4-5,11H,3,6-10H2,1-2H3. The van der Waals surface area contributed by atoms with E-state index in [4.69, 9.17) is 11.6 Å². The van der Waals surface area contributed by atoms with E-state index in [9.17, 15) is 0 Å². The third-order valence-corrected chi connectivity index (χ3v) is 4.42. The number of hydrogen-bond acceptors (Lipinski definition) is 2. The van der Waals surface area contributed by atoms with Gasteiger partial charge >= 0.3 is 0 Å². The van der Waals surface area contributed by atoms with E-state index >= 15 is 0 Å². The van der Waals surface area contributed by atoms with E-state index in [1.54, 1.807) is 0 Å². The Labute approximate surface area is 109 Å². The van der Waals surface area contributed by atoms with Crippen molar-refractivity contribution in [3.8, 4) is 0 Å². The molecular weight excluding hydrogens is 232 g/mol. The van der Waals surface area contributed by atoms with Crippen LogP contribution in [0.4, 0.5) is 5.82 Å². The van der Waals surface area contributed by atoms with E-state index in [0.29, 0.717) is 11.3 Å². The molecule has 0 atom stereocenters. The van der Waals surface area contributed by atoms with Gasteiger partial charge in [0.15, 0.2) is 0 Å². The maximum absolute atomic E-state index is 5.77. The lowest BCUT2D eigenvalue weighted by molar-refractivity contribution is 0.238. The lowest BCUT2D eigenvalue weighted by atomic mass is 9.78. The third kappa shape index (κ3) is 2.92. The fraction of sp³-hybridized carbons (Fsp3) is 0.643. The van der Waals surface area contributed by atoms with Gasteiger partial charge in [0, 0.05) is 25.2 Å². The Balaban J connectivity index is 2.00. The summed E-state index contributed by atoms with van der Waals surface area (Å²) in [5.74, 6) is 1.64. The highest BCUT2D eigenvalue weighted by Crippen LogP contribution is 2.35. The van der Waals surface area contributed by atoms with Crippen LogP contribution in [-0.2, 0) is 5.88 Å². The van der Waals surface area contributed by atoms with Crippen LogP contribution in [0.25, 0.3) is 0 Å². The van der Waals surface area contributed by atoms with E-state index in [-0.39, 0.29) is 0 Å². The molecule has 94 valence electrons. The van der Waals surface area contributed by atoms with Crippen molar-refractivity contribution in [2.45, 2.75) is 39.0 Å². The molecule has 0 saturated carbocycles. The summed E-state index contributed by atoms with van der Waals surface area (Å²) in [6.45, 7) is 6.94. The van der Waals surface area contributed by atoms with Crippen LogP contribution in [0.5, 0.6) is 0 Å². The fourth-order valence-corrected chi connectivity index (χ4v) is 2.47.